The highest BCUT2D eigenvalue weighted by atomic mass is 32.2. The van der Waals surface area contributed by atoms with Crippen molar-refractivity contribution in [3.63, 3.8) is 0 Å². The number of hydrogen-bond donors (Lipinski definition) is 4. The first-order valence-corrected chi connectivity index (χ1v) is 12.7. The monoisotopic (exact) mass is 479 g/mol. The maximum absolute atomic E-state index is 13.1. The van der Waals surface area contributed by atoms with Gasteiger partial charge in [-0.3, -0.25) is 15.2 Å². The fourth-order valence-electron chi connectivity index (χ4n) is 5.21. The summed E-state index contributed by atoms with van der Waals surface area (Å²) >= 11 is 0. The van der Waals surface area contributed by atoms with Crippen molar-refractivity contribution in [1.82, 2.24) is 34.7 Å². The van der Waals surface area contributed by atoms with Gasteiger partial charge in [0.05, 0.1) is 11.7 Å². The SMILES string of the molecule is Cc1cc(Nc2cc3nccc(N[C@@H]4CC5CC[C@@H](C4)N5S(=O)(=O)c4cn[nH]c4)c3cn2)n[nH]1. The van der Waals surface area contributed by atoms with Crippen LogP contribution in [0.25, 0.3) is 10.9 Å². The predicted octanol–water partition coefficient (Wildman–Crippen LogP) is 2.92. The third kappa shape index (κ3) is 3.68. The lowest BCUT2D eigenvalue weighted by Crippen LogP contribution is -2.49. The van der Waals surface area contributed by atoms with Crippen LogP contribution in [0.5, 0.6) is 0 Å². The zero-order valence-corrected chi connectivity index (χ0v) is 19.4. The van der Waals surface area contributed by atoms with Crippen LogP contribution in [0.3, 0.4) is 0 Å². The Labute approximate surface area is 196 Å². The molecule has 3 atom stereocenters. The van der Waals surface area contributed by atoms with Crippen LogP contribution in [0, 0.1) is 6.92 Å². The highest BCUT2D eigenvalue weighted by Gasteiger charge is 2.47. The topological polar surface area (TPSA) is 145 Å². The first kappa shape index (κ1) is 21.1. The molecule has 2 saturated heterocycles. The fraction of sp³-hybridized carbons (Fsp3) is 0.364. The smallest absolute Gasteiger partial charge is 0.246 e. The van der Waals surface area contributed by atoms with Gasteiger partial charge in [0.25, 0.3) is 0 Å². The lowest BCUT2D eigenvalue weighted by atomic mass is 9.99. The van der Waals surface area contributed by atoms with Crippen molar-refractivity contribution in [2.45, 2.75) is 55.6 Å². The van der Waals surface area contributed by atoms with E-state index in [1.165, 1.54) is 12.4 Å². The van der Waals surface area contributed by atoms with E-state index in [4.69, 9.17) is 0 Å². The van der Waals surface area contributed by atoms with Gasteiger partial charge in [0.1, 0.15) is 10.7 Å². The Morgan fingerprint density at radius 3 is 2.62 bits per heavy atom. The zero-order chi connectivity index (χ0) is 23.3. The second kappa shape index (κ2) is 8.06. The highest BCUT2D eigenvalue weighted by molar-refractivity contribution is 7.89. The van der Waals surface area contributed by atoms with Gasteiger partial charge in [-0.05, 0) is 38.7 Å². The lowest BCUT2D eigenvalue weighted by Gasteiger charge is -2.38. The molecule has 0 spiro atoms. The molecule has 11 nitrogen and oxygen atoms in total. The molecule has 34 heavy (non-hydrogen) atoms. The minimum absolute atomic E-state index is 0.0181. The molecule has 0 aromatic carbocycles. The summed E-state index contributed by atoms with van der Waals surface area (Å²) in [4.78, 5) is 9.28. The molecule has 4 N–H and O–H groups in total. The van der Waals surface area contributed by atoms with Crippen LogP contribution in [0.2, 0.25) is 0 Å². The predicted molar refractivity (Wildman–Crippen MR) is 127 cm³/mol. The molecule has 0 amide bonds. The van der Waals surface area contributed by atoms with E-state index >= 15 is 0 Å². The summed E-state index contributed by atoms with van der Waals surface area (Å²) in [5.74, 6) is 1.37. The minimum Gasteiger partial charge on any atom is -0.382 e. The number of nitrogens with one attached hydrogen (secondary N) is 4. The molecular weight excluding hydrogens is 454 g/mol. The molecule has 6 heterocycles. The molecule has 0 aliphatic carbocycles. The van der Waals surface area contributed by atoms with Gasteiger partial charge in [-0.2, -0.15) is 14.5 Å². The maximum atomic E-state index is 13.1. The number of piperidine rings is 1. The molecule has 12 heteroatoms. The summed E-state index contributed by atoms with van der Waals surface area (Å²) in [6, 6.07) is 5.89. The number of nitrogens with zero attached hydrogens (tertiary/aromatic N) is 5. The summed E-state index contributed by atoms with van der Waals surface area (Å²) in [5, 5.41) is 21.3. The van der Waals surface area contributed by atoms with Gasteiger partial charge in [0.15, 0.2) is 5.82 Å². The van der Waals surface area contributed by atoms with Gasteiger partial charge >= 0.3 is 0 Å². The van der Waals surface area contributed by atoms with Crippen LogP contribution in [0.4, 0.5) is 17.3 Å². The van der Waals surface area contributed by atoms with Crippen molar-refractivity contribution < 1.29 is 8.42 Å². The van der Waals surface area contributed by atoms with Gasteiger partial charge in [-0.15, -0.1) is 0 Å². The summed E-state index contributed by atoms with van der Waals surface area (Å²) in [6.45, 7) is 1.94. The van der Waals surface area contributed by atoms with Gasteiger partial charge in [-0.25, -0.2) is 13.4 Å². The third-order valence-corrected chi connectivity index (χ3v) is 8.63. The van der Waals surface area contributed by atoms with Crippen LogP contribution in [0.1, 0.15) is 31.4 Å². The Bertz CT molecular complexity index is 1420. The van der Waals surface area contributed by atoms with Crippen molar-refractivity contribution in [3.05, 3.63) is 48.7 Å². The summed E-state index contributed by atoms with van der Waals surface area (Å²) in [7, 11) is -3.54. The van der Waals surface area contributed by atoms with Crippen LogP contribution in [-0.2, 0) is 10.0 Å². The van der Waals surface area contributed by atoms with Gasteiger partial charge in [0.2, 0.25) is 10.0 Å². The number of pyridine rings is 2. The Balaban J connectivity index is 1.20. The average Bonchev–Trinajstić information content (AvgIpc) is 3.55. The molecule has 4 aromatic rings. The van der Waals surface area contributed by atoms with E-state index in [1.54, 1.807) is 16.7 Å². The number of rotatable bonds is 6. The zero-order valence-electron chi connectivity index (χ0n) is 18.6. The standard InChI is InChI=1S/C22H25N9O2S/c1-13-6-22(30-29-13)28-21-9-20-18(12-24-21)19(4-5-23-20)27-14-7-15-2-3-16(8-14)31(15)34(32,33)17-10-25-26-11-17/h4-6,9-12,14-16H,2-3,7-8H2,1H3,(H,23,27)(H,25,26)(H2,24,28,29,30)/t14-,15-,16?/m0/s1. The van der Waals surface area contributed by atoms with Gasteiger partial charge < -0.3 is 10.6 Å². The second-order valence-electron chi connectivity index (χ2n) is 8.97. The van der Waals surface area contributed by atoms with E-state index in [0.29, 0.717) is 11.6 Å². The van der Waals surface area contributed by atoms with Crippen molar-refractivity contribution in [2.24, 2.45) is 0 Å². The van der Waals surface area contributed by atoms with E-state index in [0.717, 1.165) is 48.0 Å². The van der Waals surface area contributed by atoms with E-state index in [-0.39, 0.29) is 23.0 Å². The highest BCUT2D eigenvalue weighted by Crippen LogP contribution is 2.41. The Hall–Kier alpha value is -3.51. The molecule has 2 aliphatic heterocycles. The third-order valence-electron chi connectivity index (χ3n) is 6.66. The molecule has 2 bridgehead atoms. The number of aromatic amines is 2. The molecular formula is C22H25N9O2S. The van der Waals surface area contributed by atoms with Crippen molar-refractivity contribution >= 4 is 38.2 Å². The first-order valence-electron chi connectivity index (χ1n) is 11.3. The largest absolute Gasteiger partial charge is 0.382 e. The molecule has 4 aromatic heterocycles. The summed E-state index contributed by atoms with van der Waals surface area (Å²) < 4.78 is 28.0. The number of hydrogen-bond acceptors (Lipinski definition) is 8. The Morgan fingerprint density at radius 1 is 1.09 bits per heavy atom. The van der Waals surface area contributed by atoms with Crippen molar-refractivity contribution in [2.75, 3.05) is 10.6 Å². The molecule has 0 radical (unpaired) electrons. The van der Waals surface area contributed by atoms with Gasteiger partial charge in [0, 0.05) is 65.6 Å². The van der Waals surface area contributed by atoms with Gasteiger partial charge in [-0.1, -0.05) is 0 Å². The van der Waals surface area contributed by atoms with Crippen LogP contribution >= 0.6 is 0 Å². The van der Waals surface area contributed by atoms with Crippen LogP contribution < -0.4 is 10.6 Å². The molecule has 2 aliphatic rings. The minimum atomic E-state index is -3.54. The number of sulfonamides is 1. The normalized spacial score (nSPS) is 22.8. The Kier molecular flexibility index (Phi) is 4.99. The van der Waals surface area contributed by atoms with E-state index in [9.17, 15) is 8.42 Å². The molecule has 0 saturated carbocycles. The Morgan fingerprint density at radius 2 is 1.91 bits per heavy atom. The van der Waals surface area contributed by atoms with Crippen LogP contribution in [-0.4, -0.2) is 61.2 Å². The second-order valence-corrected chi connectivity index (χ2v) is 10.8. The lowest BCUT2D eigenvalue weighted by molar-refractivity contribution is 0.235. The van der Waals surface area contributed by atoms with E-state index < -0.39 is 10.0 Å². The average molecular weight is 480 g/mol. The van der Waals surface area contributed by atoms with Crippen molar-refractivity contribution in [1.29, 1.82) is 0 Å². The quantitative estimate of drug-likeness (QED) is 0.330. The first-order chi connectivity index (χ1) is 16.5. The van der Waals surface area contributed by atoms with E-state index in [1.807, 2.05) is 25.1 Å². The molecule has 1 unspecified atom stereocenters. The number of aryl methyl sites for hydroxylation is 1. The molecule has 176 valence electrons. The van der Waals surface area contributed by atoms with Crippen LogP contribution in [0.15, 0.2) is 47.9 Å². The number of H-pyrrole nitrogens is 2. The molecule has 2 fully saturated rings. The number of fused-ring (bicyclic) bond motifs is 3. The number of anilines is 3. The number of aromatic nitrogens is 6. The maximum Gasteiger partial charge on any atom is 0.246 e. The summed E-state index contributed by atoms with van der Waals surface area (Å²) in [6.07, 6.45) is 9.67. The van der Waals surface area contributed by atoms with E-state index in [2.05, 4.69) is 41.0 Å². The molecule has 6 rings (SSSR count). The fourth-order valence-corrected chi connectivity index (χ4v) is 7.01. The van der Waals surface area contributed by atoms with Crippen molar-refractivity contribution in [3.8, 4) is 0 Å². The summed E-state index contributed by atoms with van der Waals surface area (Å²) in [5.41, 5.74) is 2.73.